The first kappa shape index (κ1) is 11.1. The molecule has 2 rings (SSSR count). The molecule has 1 fully saturated rings. The molecular weight excluding hydrogens is 206 g/mol. The minimum absolute atomic E-state index is 0.143. The second-order valence-corrected chi connectivity index (χ2v) is 4.37. The number of nitrogens with zero attached hydrogens (tertiary/aromatic N) is 1. The fraction of sp³-hybridized carbons (Fsp3) is 0.636. The van der Waals surface area contributed by atoms with E-state index in [2.05, 4.69) is 22.7 Å². The first-order valence-corrected chi connectivity index (χ1v) is 5.62. The zero-order valence-corrected chi connectivity index (χ0v) is 9.62. The Balaban J connectivity index is 1.92. The predicted octanol–water partition coefficient (Wildman–Crippen LogP) is 0.853. The molecule has 1 aliphatic rings. The fourth-order valence-electron chi connectivity index (χ4n) is 2.00. The average molecular weight is 223 g/mol. The van der Waals surface area contributed by atoms with Gasteiger partial charge in [-0.3, -0.25) is 4.79 Å². The molecule has 88 valence electrons. The molecule has 0 aromatic carbocycles. The summed E-state index contributed by atoms with van der Waals surface area (Å²) in [5, 5.41) is 10.0. The van der Waals surface area contributed by atoms with Gasteiger partial charge in [-0.1, -0.05) is 5.16 Å². The van der Waals surface area contributed by atoms with Crippen LogP contribution in [0.5, 0.6) is 0 Å². The number of hydrogen-bond donors (Lipinski definition) is 2. The largest absolute Gasteiger partial charge is 0.361 e. The SMILES string of the molecule is Cc1cc(C(=O)NC2CCNC(C)C2)no1. The molecule has 2 N–H and O–H groups in total. The number of amides is 1. The van der Waals surface area contributed by atoms with Crippen LogP contribution in [0.15, 0.2) is 10.6 Å². The van der Waals surface area contributed by atoms with Gasteiger partial charge in [0.1, 0.15) is 5.76 Å². The van der Waals surface area contributed by atoms with Crippen molar-refractivity contribution >= 4 is 5.91 Å². The van der Waals surface area contributed by atoms with Crippen molar-refractivity contribution in [2.24, 2.45) is 0 Å². The molecule has 5 nitrogen and oxygen atoms in total. The number of hydrogen-bond acceptors (Lipinski definition) is 4. The van der Waals surface area contributed by atoms with E-state index in [9.17, 15) is 4.79 Å². The summed E-state index contributed by atoms with van der Waals surface area (Å²) in [6, 6.07) is 2.35. The van der Waals surface area contributed by atoms with Crippen molar-refractivity contribution in [3.8, 4) is 0 Å². The van der Waals surface area contributed by atoms with Crippen LogP contribution in [0.25, 0.3) is 0 Å². The number of carbonyl (C=O) groups excluding carboxylic acids is 1. The Kier molecular flexibility index (Phi) is 3.24. The summed E-state index contributed by atoms with van der Waals surface area (Å²) in [5.74, 6) is 0.514. The van der Waals surface area contributed by atoms with Gasteiger partial charge in [0, 0.05) is 18.2 Å². The van der Waals surface area contributed by atoms with Crippen LogP contribution >= 0.6 is 0 Å². The van der Waals surface area contributed by atoms with Gasteiger partial charge in [-0.05, 0) is 33.2 Å². The Hall–Kier alpha value is -1.36. The topological polar surface area (TPSA) is 67.2 Å². The minimum atomic E-state index is -0.143. The highest BCUT2D eigenvalue weighted by Gasteiger charge is 2.21. The summed E-state index contributed by atoms with van der Waals surface area (Å²) in [6.45, 7) is 4.85. The van der Waals surface area contributed by atoms with E-state index in [0.29, 0.717) is 17.5 Å². The molecule has 5 heteroatoms. The molecule has 1 aliphatic heterocycles. The normalized spacial score (nSPS) is 25.4. The molecule has 16 heavy (non-hydrogen) atoms. The minimum Gasteiger partial charge on any atom is -0.361 e. The molecule has 2 heterocycles. The highest BCUT2D eigenvalue weighted by atomic mass is 16.5. The van der Waals surface area contributed by atoms with Gasteiger partial charge in [0.15, 0.2) is 5.69 Å². The number of rotatable bonds is 2. The first-order chi connectivity index (χ1) is 7.65. The van der Waals surface area contributed by atoms with Crippen LogP contribution in [-0.4, -0.2) is 29.7 Å². The van der Waals surface area contributed by atoms with Gasteiger partial charge < -0.3 is 15.2 Å². The van der Waals surface area contributed by atoms with Gasteiger partial charge in [-0.15, -0.1) is 0 Å². The molecule has 1 amide bonds. The van der Waals surface area contributed by atoms with E-state index in [1.165, 1.54) is 0 Å². The molecule has 1 saturated heterocycles. The third kappa shape index (κ3) is 2.61. The van der Waals surface area contributed by atoms with Crippen LogP contribution in [0, 0.1) is 6.92 Å². The highest BCUT2D eigenvalue weighted by molar-refractivity contribution is 5.92. The smallest absolute Gasteiger partial charge is 0.273 e. The lowest BCUT2D eigenvalue weighted by atomic mass is 10.0. The van der Waals surface area contributed by atoms with E-state index in [0.717, 1.165) is 19.4 Å². The molecule has 1 aromatic heterocycles. The number of nitrogens with one attached hydrogen (secondary N) is 2. The molecule has 2 unspecified atom stereocenters. The van der Waals surface area contributed by atoms with E-state index in [-0.39, 0.29) is 11.9 Å². The summed E-state index contributed by atoms with van der Waals surface area (Å²) in [6.07, 6.45) is 1.93. The molecule has 0 bridgehead atoms. The third-order valence-corrected chi connectivity index (χ3v) is 2.82. The van der Waals surface area contributed by atoms with Crippen molar-refractivity contribution in [2.75, 3.05) is 6.54 Å². The monoisotopic (exact) mass is 223 g/mol. The van der Waals surface area contributed by atoms with Crippen molar-refractivity contribution in [3.63, 3.8) is 0 Å². The highest BCUT2D eigenvalue weighted by Crippen LogP contribution is 2.09. The van der Waals surface area contributed by atoms with E-state index in [1.54, 1.807) is 13.0 Å². The maximum absolute atomic E-state index is 11.8. The number of aryl methyl sites for hydroxylation is 1. The lowest BCUT2D eigenvalue weighted by Crippen LogP contribution is -2.46. The molecule has 0 spiro atoms. The quantitative estimate of drug-likeness (QED) is 0.780. The van der Waals surface area contributed by atoms with Crippen LogP contribution in [0.4, 0.5) is 0 Å². The second-order valence-electron chi connectivity index (χ2n) is 4.37. The summed E-state index contributed by atoms with van der Waals surface area (Å²) in [4.78, 5) is 11.8. The van der Waals surface area contributed by atoms with Crippen molar-refractivity contribution < 1.29 is 9.32 Å². The summed E-state index contributed by atoms with van der Waals surface area (Å²) in [5.41, 5.74) is 0.365. The lowest BCUT2D eigenvalue weighted by molar-refractivity contribution is 0.0916. The maximum atomic E-state index is 11.8. The van der Waals surface area contributed by atoms with Gasteiger partial charge >= 0.3 is 0 Å². The van der Waals surface area contributed by atoms with Gasteiger partial charge in [-0.25, -0.2) is 0 Å². The first-order valence-electron chi connectivity index (χ1n) is 5.62. The molecule has 0 radical (unpaired) electrons. The van der Waals surface area contributed by atoms with E-state index < -0.39 is 0 Å². The van der Waals surface area contributed by atoms with Crippen LogP contribution in [0.3, 0.4) is 0 Å². The Morgan fingerprint density at radius 3 is 3.12 bits per heavy atom. The third-order valence-electron chi connectivity index (χ3n) is 2.82. The predicted molar refractivity (Wildman–Crippen MR) is 59.2 cm³/mol. The standard InChI is InChI=1S/C11H17N3O2/c1-7-5-9(3-4-12-7)13-11(15)10-6-8(2)16-14-10/h6-7,9,12H,3-5H2,1-2H3,(H,13,15). The summed E-state index contributed by atoms with van der Waals surface area (Å²) < 4.78 is 4.87. The lowest BCUT2D eigenvalue weighted by Gasteiger charge is -2.28. The Morgan fingerprint density at radius 1 is 1.69 bits per heavy atom. The van der Waals surface area contributed by atoms with Crippen molar-refractivity contribution in [2.45, 2.75) is 38.8 Å². The Labute approximate surface area is 94.6 Å². The van der Waals surface area contributed by atoms with E-state index >= 15 is 0 Å². The van der Waals surface area contributed by atoms with Crippen LogP contribution in [0.2, 0.25) is 0 Å². The van der Waals surface area contributed by atoms with Crippen molar-refractivity contribution in [1.29, 1.82) is 0 Å². The average Bonchev–Trinajstić information content (AvgIpc) is 2.65. The van der Waals surface area contributed by atoms with Crippen molar-refractivity contribution in [3.05, 3.63) is 17.5 Å². The maximum Gasteiger partial charge on any atom is 0.273 e. The van der Waals surface area contributed by atoms with Crippen LogP contribution in [0.1, 0.15) is 36.0 Å². The fourth-order valence-corrected chi connectivity index (χ4v) is 2.00. The van der Waals surface area contributed by atoms with Gasteiger partial charge in [0.2, 0.25) is 0 Å². The Bertz CT molecular complexity index is 375. The van der Waals surface area contributed by atoms with Gasteiger partial charge in [0.05, 0.1) is 0 Å². The summed E-state index contributed by atoms with van der Waals surface area (Å²) in [7, 11) is 0. The van der Waals surface area contributed by atoms with Crippen molar-refractivity contribution in [1.82, 2.24) is 15.8 Å². The second kappa shape index (κ2) is 4.65. The summed E-state index contributed by atoms with van der Waals surface area (Å²) >= 11 is 0. The van der Waals surface area contributed by atoms with E-state index in [1.807, 2.05) is 0 Å². The van der Waals surface area contributed by atoms with Crippen LogP contribution < -0.4 is 10.6 Å². The Morgan fingerprint density at radius 2 is 2.50 bits per heavy atom. The number of aromatic nitrogens is 1. The van der Waals surface area contributed by atoms with Gasteiger partial charge in [0.25, 0.3) is 5.91 Å². The molecule has 0 saturated carbocycles. The molecule has 1 aromatic rings. The van der Waals surface area contributed by atoms with E-state index in [4.69, 9.17) is 4.52 Å². The molecule has 2 atom stereocenters. The zero-order valence-electron chi connectivity index (χ0n) is 9.62. The zero-order chi connectivity index (χ0) is 11.5. The molecule has 0 aliphatic carbocycles. The number of carbonyl (C=O) groups is 1. The number of piperidine rings is 1. The van der Waals surface area contributed by atoms with Crippen LogP contribution in [-0.2, 0) is 0 Å². The van der Waals surface area contributed by atoms with Gasteiger partial charge in [-0.2, -0.15) is 0 Å². The molecular formula is C11H17N3O2.